The largest absolute Gasteiger partial charge is 0.491 e. The minimum atomic E-state index is -3.45. The number of sulfonamides is 1. The summed E-state index contributed by atoms with van der Waals surface area (Å²) in [5.41, 5.74) is 2.70. The van der Waals surface area contributed by atoms with E-state index in [9.17, 15) is 13.2 Å². The van der Waals surface area contributed by atoms with Crippen LogP contribution in [0.25, 0.3) is 0 Å². The maximum Gasteiger partial charge on any atom is 0.251 e. The Labute approximate surface area is 213 Å². The molecule has 1 aliphatic rings. The molecule has 0 aliphatic carbocycles. The molecule has 190 valence electrons. The van der Waals surface area contributed by atoms with Gasteiger partial charge in [-0.05, 0) is 61.4 Å². The summed E-state index contributed by atoms with van der Waals surface area (Å²) >= 11 is 0. The Morgan fingerprint density at radius 2 is 1.47 bits per heavy atom. The van der Waals surface area contributed by atoms with Gasteiger partial charge in [-0.3, -0.25) is 9.69 Å². The van der Waals surface area contributed by atoms with Crippen LogP contribution in [0.1, 0.15) is 35.3 Å². The van der Waals surface area contributed by atoms with Crippen molar-refractivity contribution in [2.45, 2.75) is 37.9 Å². The highest BCUT2D eigenvalue weighted by Gasteiger charge is 2.28. The van der Waals surface area contributed by atoms with Crippen LogP contribution in [0, 0.1) is 0 Å². The van der Waals surface area contributed by atoms with E-state index in [1.807, 2.05) is 68.4 Å². The summed E-state index contributed by atoms with van der Waals surface area (Å²) in [6.07, 6.45) is 0.124. The summed E-state index contributed by atoms with van der Waals surface area (Å²) < 4.78 is 32.8. The number of ether oxygens (including phenoxy) is 1. The number of piperazine rings is 1. The van der Waals surface area contributed by atoms with Crippen molar-refractivity contribution in [2.75, 3.05) is 26.2 Å². The van der Waals surface area contributed by atoms with Crippen molar-refractivity contribution in [3.63, 3.8) is 0 Å². The van der Waals surface area contributed by atoms with E-state index >= 15 is 0 Å². The van der Waals surface area contributed by atoms with E-state index < -0.39 is 10.0 Å². The molecule has 0 radical (unpaired) electrons. The minimum absolute atomic E-state index is 0.121. The smallest absolute Gasteiger partial charge is 0.251 e. The number of nitrogens with one attached hydrogen (secondary N) is 1. The Hall–Kier alpha value is -3.20. The van der Waals surface area contributed by atoms with Gasteiger partial charge in [-0.2, -0.15) is 4.31 Å². The molecule has 0 atom stereocenters. The molecule has 0 spiro atoms. The third-order valence-corrected chi connectivity index (χ3v) is 8.00. The number of hydrogen-bond acceptors (Lipinski definition) is 5. The predicted octanol–water partition coefficient (Wildman–Crippen LogP) is 3.91. The van der Waals surface area contributed by atoms with Crippen LogP contribution in [-0.4, -0.2) is 55.8 Å². The number of carbonyl (C=O) groups is 1. The summed E-state index contributed by atoms with van der Waals surface area (Å²) in [4.78, 5) is 15.1. The standard InChI is InChI=1S/C28H33N3O4S/c1-22(2)35-26-14-10-23(11-15-26)20-29-28(32)25-12-8-24(9-13-25)21-30-16-18-31(19-17-30)36(33,34)27-6-4-3-5-7-27/h3-15,22H,16-21H2,1-2H3,(H,29,32). The molecule has 1 saturated heterocycles. The first kappa shape index (κ1) is 25.9. The molecule has 1 aliphatic heterocycles. The fraction of sp³-hybridized carbons (Fsp3) is 0.321. The number of nitrogens with zero attached hydrogens (tertiary/aromatic N) is 2. The van der Waals surface area contributed by atoms with Gasteiger partial charge in [0, 0.05) is 44.8 Å². The molecule has 3 aromatic rings. The molecule has 0 unspecified atom stereocenters. The van der Waals surface area contributed by atoms with Gasteiger partial charge in [0.15, 0.2) is 0 Å². The van der Waals surface area contributed by atoms with E-state index in [0.717, 1.165) is 16.9 Å². The van der Waals surface area contributed by atoms with Gasteiger partial charge in [0.05, 0.1) is 11.0 Å². The summed E-state index contributed by atoms with van der Waals surface area (Å²) in [5, 5.41) is 2.96. The summed E-state index contributed by atoms with van der Waals surface area (Å²) in [6.45, 7) is 7.37. The molecule has 0 saturated carbocycles. The van der Waals surface area contributed by atoms with Crippen molar-refractivity contribution in [2.24, 2.45) is 0 Å². The van der Waals surface area contributed by atoms with Crippen molar-refractivity contribution >= 4 is 15.9 Å². The highest BCUT2D eigenvalue weighted by molar-refractivity contribution is 7.89. The molecule has 36 heavy (non-hydrogen) atoms. The molecule has 0 bridgehead atoms. The van der Waals surface area contributed by atoms with E-state index in [2.05, 4.69) is 10.2 Å². The van der Waals surface area contributed by atoms with Gasteiger partial charge < -0.3 is 10.1 Å². The first-order valence-electron chi connectivity index (χ1n) is 12.2. The zero-order valence-corrected chi connectivity index (χ0v) is 21.6. The highest BCUT2D eigenvalue weighted by Crippen LogP contribution is 2.18. The Bertz CT molecular complexity index is 1240. The number of amides is 1. The molecule has 8 heteroatoms. The van der Waals surface area contributed by atoms with Crippen LogP contribution in [0.15, 0.2) is 83.8 Å². The maximum absolute atomic E-state index is 12.8. The van der Waals surface area contributed by atoms with Crippen molar-refractivity contribution in [3.05, 3.63) is 95.6 Å². The average molecular weight is 508 g/mol. The number of rotatable bonds is 9. The first-order chi connectivity index (χ1) is 17.3. The van der Waals surface area contributed by atoms with Crippen LogP contribution in [0.3, 0.4) is 0 Å². The molecule has 1 heterocycles. The lowest BCUT2D eigenvalue weighted by molar-refractivity contribution is 0.0951. The maximum atomic E-state index is 12.8. The van der Waals surface area contributed by atoms with Gasteiger partial charge in [-0.15, -0.1) is 0 Å². The fourth-order valence-electron chi connectivity index (χ4n) is 4.13. The van der Waals surface area contributed by atoms with Crippen LogP contribution >= 0.6 is 0 Å². The second-order valence-corrected chi connectivity index (χ2v) is 11.1. The first-order valence-corrected chi connectivity index (χ1v) is 13.7. The lowest BCUT2D eigenvalue weighted by Gasteiger charge is -2.34. The zero-order chi connectivity index (χ0) is 25.5. The van der Waals surface area contributed by atoms with Crippen molar-refractivity contribution in [1.82, 2.24) is 14.5 Å². The van der Waals surface area contributed by atoms with E-state index in [-0.39, 0.29) is 12.0 Å². The Kier molecular flexibility index (Phi) is 8.40. The molecule has 0 aromatic heterocycles. The second kappa shape index (κ2) is 11.7. The van der Waals surface area contributed by atoms with Gasteiger partial charge in [-0.25, -0.2) is 8.42 Å². The van der Waals surface area contributed by atoms with E-state index in [0.29, 0.717) is 49.7 Å². The van der Waals surface area contributed by atoms with Gasteiger partial charge >= 0.3 is 0 Å². The number of benzene rings is 3. The van der Waals surface area contributed by atoms with Gasteiger partial charge in [0.2, 0.25) is 10.0 Å². The molecule has 1 fully saturated rings. The normalized spacial score (nSPS) is 15.1. The average Bonchev–Trinajstić information content (AvgIpc) is 2.89. The number of carbonyl (C=O) groups excluding carboxylic acids is 1. The van der Waals surface area contributed by atoms with E-state index in [4.69, 9.17) is 4.74 Å². The quantitative estimate of drug-likeness (QED) is 0.475. The summed E-state index contributed by atoms with van der Waals surface area (Å²) in [7, 11) is -3.45. The molecular weight excluding hydrogens is 474 g/mol. The Morgan fingerprint density at radius 3 is 2.08 bits per heavy atom. The van der Waals surface area contributed by atoms with Crippen LogP contribution in [0.2, 0.25) is 0 Å². The predicted molar refractivity (Wildman–Crippen MR) is 140 cm³/mol. The highest BCUT2D eigenvalue weighted by atomic mass is 32.2. The molecule has 1 amide bonds. The van der Waals surface area contributed by atoms with E-state index in [1.165, 1.54) is 0 Å². The van der Waals surface area contributed by atoms with Crippen LogP contribution in [0.4, 0.5) is 0 Å². The Balaban J connectivity index is 1.24. The monoisotopic (exact) mass is 507 g/mol. The van der Waals surface area contributed by atoms with Gasteiger partial charge in [-0.1, -0.05) is 42.5 Å². The fourth-order valence-corrected chi connectivity index (χ4v) is 5.57. The van der Waals surface area contributed by atoms with Crippen LogP contribution in [0.5, 0.6) is 5.75 Å². The second-order valence-electron chi connectivity index (χ2n) is 9.18. The van der Waals surface area contributed by atoms with Crippen molar-refractivity contribution < 1.29 is 17.9 Å². The van der Waals surface area contributed by atoms with Crippen molar-refractivity contribution in [1.29, 1.82) is 0 Å². The summed E-state index contributed by atoms with van der Waals surface area (Å²) in [6, 6.07) is 23.9. The van der Waals surface area contributed by atoms with Crippen molar-refractivity contribution in [3.8, 4) is 5.75 Å². The van der Waals surface area contributed by atoms with Gasteiger partial charge in [0.25, 0.3) is 5.91 Å². The summed E-state index contributed by atoms with van der Waals surface area (Å²) in [5.74, 6) is 0.693. The molecule has 7 nitrogen and oxygen atoms in total. The Morgan fingerprint density at radius 1 is 0.861 bits per heavy atom. The third-order valence-electron chi connectivity index (χ3n) is 6.08. The SMILES string of the molecule is CC(C)Oc1ccc(CNC(=O)c2ccc(CN3CCN(S(=O)(=O)c4ccccc4)CC3)cc2)cc1. The topological polar surface area (TPSA) is 79.0 Å². The van der Waals surface area contributed by atoms with Crippen LogP contribution < -0.4 is 10.1 Å². The molecule has 1 N–H and O–H groups in total. The molecule has 3 aromatic carbocycles. The zero-order valence-electron chi connectivity index (χ0n) is 20.8. The minimum Gasteiger partial charge on any atom is -0.491 e. The molecule has 4 rings (SSSR count). The van der Waals surface area contributed by atoms with Gasteiger partial charge in [0.1, 0.15) is 5.75 Å². The molecular formula is C28H33N3O4S. The van der Waals surface area contributed by atoms with E-state index in [1.54, 1.807) is 28.6 Å². The lowest BCUT2D eigenvalue weighted by atomic mass is 10.1. The van der Waals surface area contributed by atoms with Crippen LogP contribution in [-0.2, 0) is 23.1 Å². The third kappa shape index (κ3) is 6.72. The lowest BCUT2D eigenvalue weighted by Crippen LogP contribution is -2.48. The number of hydrogen-bond donors (Lipinski definition) is 1.